The molecule has 0 saturated carbocycles. The molecule has 1 heterocycles. The van der Waals surface area contributed by atoms with E-state index in [1.165, 1.54) is 13.0 Å². The number of benzene rings is 2. The molecule has 0 fully saturated rings. The molecule has 0 radical (unpaired) electrons. The van der Waals surface area contributed by atoms with Gasteiger partial charge in [-0.15, -0.1) is 0 Å². The zero-order chi connectivity index (χ0) is 18.4. The van der Waals surface area contributed by atoms with Crippen molar-refractivity contribution >= 4 is 16.6 Å². The smallest absolute Gasteiger partial charge is 0.268 e. The second kappa shape index (κ2) is 5.69. The Labute approximate surface area is 138 Å². The molecule has 0 spiro atoms. The molecule has 2 aromatic carbocycles. The van der Waals surface area contributed by atoms with Gasteiger partial charge in [-0.2, -0.15) is 13.2 Å². The first-order valence-electron chi connectivity index (χ1n) is 7.04. The lowest BCUT2D eigenvalue weighted by Crippen LogP contribution is -2.23. The van der Waals surface area contributed by atoms with Crippen LogP contribution in [0.25, 0.3) is 16.6 Å². The number of alkyl halides is 3. The molecule has 3 aromatic rings. The van der Waals surface area contributed by atoms with E-state index in [0.717, 1.165) is 16.7 Å². The van der Waals surface area contributed by atoms with Crippen LogP contribution in [0.2, 0.25) is 0 Å². The maximum absolute atomic E-state index is 13.2. The molecule has 0 N–H and O–H groups in total. The zero-order valence-corrected chi connectivity index (χ0v) is 12.7. The number of aromatic nitrogens is 2. The van der Waals surface area contributed by atoms with Crippen molar-refractivity contribution in [1.82, 2.24) is 9.55 Å². The minimum absolute atomic E-state index is 0.140. The van der Waals surface area contributed by atoms with E-state index < -0.39 is 27.9 Å². The highest BCUT2D eigenvalue weighted by molar-refractivity contribution is 5.77. The number of aryl methyl sites for hydroxylation is 1. The van der Waals surface area contributed by atoms with Crippen molar-refractivity contribution < 1.29 is 18.1 Å². The summed E-state index contributed by atoms with van der Waals surface area (Å²) >= 11 is 0. The molecular weight excluding hydrogens is 339 g/mol. The van der Waals surface area contributed by atoms with Crippen molar-refractivity contribution in [3.8, 4) is 5.69 Å². The molecular formula is C16H10F3N3O3. The highest BCUT2D eigenvalue weighted by Gasteiger charge is 2.38. The molecule has 0 saturated heterocycles. The Morgan fingerprint density at radius 3 is 2.48 bits per heavy atom. The number of rotatable bonds is 2. The summed E-state index contributed by atoms with van der Waals surface area (Å²) in [7, 11) is 0. The number of para-hydroxylation sites is 1. The molecule has 25 heavy (non-hydrogen) atoms. The molecule has 0 unspecified atom stereocenters. The van der Waals surface area contributed by atoms with Gasteiger partial charge in [0.2, 0.25) is 0 Å². The molecule has 0 aliphatic carbocycles. The van der Waals surface area contributed by atoms with Crippen LogP contribution in [0.15, 0.2) is 47.3 Å². The fraction of sp³-hybridized carbons (Fsp3) is 0.125. The van der Waals surface area contributed by atoms with Crippen molar-refractivity contribution in [2.45, 2.75) is 13.1 Å². The van der Waals surface area contributed by atoms with Crippen molar-refractivity contribution in [3.63, 3.8) is 0 Å². The van der Waals surface area contributed by atoms with E-state index in [-0.39, 0.29) is 16.9 Å². The van der Waals surface area contributed by atoms with Crippen molar-refractivity contribution in [2.75, 3.05) is 0 Å². The van der Waals surface area contributed by atoms with Crippen LogP contribution in [0.3, 0.4) is 0 Å². The maximum atomic E-state index is 13.2. The number of nitrogens with zero attached hydrogens (tertiary/aromatic N) is 3. The standard InChI is InChI=1S/C16H10F3N3O3/c1-9-20-13-5-3-2-4-11(13)15(23)21(9)10-6-7-14(22(24)25)12(8-10)16(17,18)19/h2-8H,1H3. The maximum Gasteiger partial charge on any atom is 0.423 e. The Morgan fingerprint density at radius 1 is 1.16 bits per heavy atom. The molecule has 0 aliphatic rings. The van der Waals surface area contributed by atoms with Crippen LogP contribution in [-0.2, 0) is 6.18 Å². The zero-order valence-electron chi connectivity index (χ0n) is 12.7. The van der Waals surface area contributed by atoms with Gasteiger partial charge in [0.15, 0.2) is 0 Å². The molecule has 6 nitrogen and oxygen atoms in total. The van der Waals surface area contributed by atoms with Gasteiger partial charge < -0.3 is 0 Å². The summed E-state index contributed by atoms with van der Waals surface area (Å²) in [5.41, 5.74) is -2.77. The lowest BCUT2D eigenvalue weighted by molar-refractivity contribution is -0.388. The van der Waals surface area contributed by atoms with Gasteiger partial charge in [0, 0.05) is 6.07 Å². The second-order valence-electron chi connectivity index (χ2n) is 5.27. The van der Waals surface area contributed by atoms with Crippen molar-refractivity contribution in [2.24, 2.45) is 0 Å². The van der Waals surface area contributed by atoms with Crippen LogP contribution in [0.4, 0.5) is 18.9 Å². The number of fused-ring (bicyclic) bond motifs is 1. The van der Waals surface area contributed by atoms with Crippen LogP contribution in [0, 0.1) is 17.0 Å². The van der Waals surface area contributed by atoms with Gasteiger partial charge in [-0.05, 0) is 31.2 Å². The van der Waals surface area contributed by atoms with Gasteiger partial charge in [0.25, 0.3) is 11.2 Å². The number of halogens is 3. The Morgan fingerprint density at radius 2 is 1.84 bits per heavy atom. The van der Waals surface area contributed by atoms with Gasteiger partial charge in [-0.1, -0.05) is 12.1 Å². The molecule has 9 heteroatoms. The van der Waals surface area contributed by atoms with Crippen LogP contribution in [-0.4, -0.2) is 14.5 Å². The quantitative estimate of drug-likeness (QED) is 0.523. The van der Waals surface area contributed by atoms with Gasteiger partial charge in [-0.3, -0.25) is 19.5 Å². The Hall–Kier alpha value is -3.23. The Balaban J connectivity index is 2.33. The van der Waals surface area contributed by atoms with E-state index in [4.69, 9.17) is 0 Å². The number of nitro benzene ring substituents is 1. The monoisotopic (exact) mass is 349 g/mol. The van der Waals surface area contributed by atoms with E-state index in [2.05, 4.69) is 4.98 Å². The molecule has 0 aliphatic heterocycles. The van der Waals surface area contributed by atoms with E-state index in [1.54, 1.807) is 18.2 Å². The highest BCUT2D eigenvalue weighted by Crippen LogP contribution is 2.37. The summed E-state index contributed by atoms with van der Waals surface area (Å²) in [5.74, 6) is 0.172. The highest BCUT2D eigenvalue weighted by atomic mass is 19.4. The van der Waals surface area contributed by atoms with Gasteiger partial charge in [0.05, 0.1) is 21.5 Å². The van der Waals surface area contributed by atoms with Crippen molar-refractivity contribution in [3.05, 3.63) is 74.3 Å². The first-order valence-corrected chi connectivity index (χ1v) is 7.04. The lowest BCUT2D eigenvalue weighted by atomic mass is 10.1. The van der Waals surface area contributed by atoms with Gasteiger partial charge in [-0.25, -0.2) is 4.98 Å². The predicted octanol–water partition coefficient (Wildman–Crippen LogP) is 3.62. The minimum atomic E-state index is -4.93. The van der Waals surface area contributed by atoms with Gasteiger partial charge in [0.1, 0.15) is 11.4 Å². The summed E-state index contributed by atoms with van der Waals surface area (Å²) in [6.45, 7) is 1.47. The lowest BCUT2D eigenvalue weighted by Gasteiger charge is -2.13. The summed E-state index contributed by atoms with van der Waals surface area (Å²) < 4.78 is 40.5. The third-order valence-corrected chi connectivity index (χ3v) is 3.68. The topological polar surface area (TPSA) is 78.0 Å². The van der Waals surface area contributed by atoms with Gasteiger partial charge >= 0.3 is 6.18 Å². The molecule has 3 rings (SSSR count). The number of nitro groups is 1. The third kappa shape index (κ3) is 2.84. The largest absolute Gasteiger partial charge is 0.423 e. The number of hydrogen-bond donors (Lipinski definition) is 0. The average Bonchev–Trinajstić information content (AvgIpc) is 2.53. The Bertz CT molecular complexity index is 1060. The fourth-order valence-electron chi connectivity index (χ4n) is 2.60. The first-order chi connectivity index (χ1) is 11.7. The van der Waals surface area contributed by atoms with E-state index in [1.807, 2.05) is 0 Å². The van der Waals surface area contributed by atoms with Crippen LogP contribution >= 0.6 is 0 Å². The van der Waals surface area contributed by atoms with E-state index >= 15 is 0 Å². The fourth-order valence-corrected chi connectivity index (χ4v) is 2.60. The van der Waals surface area contributed by atoms with Crippen molar-refractivity contribution in [1.29, 1.82) is 0 Å². The first kappa shape index (κ1) is 16.6. The van der Waals surface area contributed by atoms with E-state index in [0.29, 0.717) is 11.6 Å². The summed E-state index contributed by atoms with van der Waals surface area (Å²) in [5, 5.41) is 11.1. The van der Waals surface area contributed by atoms with Crippen LogP contribution in [0.1, 0.15) is 11.4 Å². The SMILES string of the molecule is Cc1nc2ccccc2c(=O)n1-c1ccc([N+](=O)[O-])c(C(F)(F)F)c1. The Kier molecular flexibility index (Phi) is 3.78. The summed E-state index contributed by atoms with van der Waals surface area (Å²) in [6.07, 6.45) is -4.93. The molecule has 0 bridgehead atoms. The summed E-state index contributed by atoms with van der Waals surface area (Å²) in [6, 6.07) is 8.84. The minimum Gasteiger partial charge on any atom is -0.268 e. The van der Waals surface area contributed by atoms with E-state index in [9.17, 15) is 28.1 Å². The second-order valence-corrected chi connectivity index (χ2v) is 5.27. The molecule has 0 amide bonds. The normalized spacial score (nSPS) is 11.7. The van der Waals surface area contributed by atoms with Crippen LogP contribution in [0.5, 0.6) is 0 Å². The molecule has 1 aromatic heterocycles. The third-order valence-electron chi connectivity index (χ3n) is 3.68. The molecule has 0 atom stereocenters. The van der Waals surface area contributed by atoms with Crippen LogP contribution < -0.4 is 5.56 Å². The predicted molar refractivity (Wildman–Crippen MR) is 83.7 cm³/mol. The summed E-state index contributed by atoms with van der Waals surface area (Å²) in [4.78, 5) is 26.6. The molecule has 128 valence electrons. The number of hydrogen-bond acceptors (Lipinski definition) is 4. The average molecular weight is 349 g/mol.